The molecule has 0 aromatic heterocycles. The molecule has 0 bridgehead atoms. The van der Waals surface area contributed by atoms with E-state index in [-0.39, 0.29) is 6.23 Å². The Labute approximate surface area is 170 Å². The molecule has 0 aromatic rings. The molecule has 0 amide bonds. The normalized spacial score (nSPS) is 18.7. The predicted molar refractivity (Wildman–Crippen MR) is 120 cm³/mol. The summed E-state index contributed by atoms with van der Waals surface area (Å²) in [5, 5.41) is 3.66. The zero-order valence-electron chi connectivity index (χ0n) is 18.6. The number of hydrogen-bond acceptors (Lipinski definition) is 3. The average Bonchev–Trinajstić information content (AvgIpc) is 2.69. The van der Waals surface area contributed by atoms with Crippen LogP contribution in [0.5, 0.6) is 0 Å². The van der Waals surface area contributed by atoms with Crippen LogP contribution in [0.2, 0.25) is 0 Å². The van der Waals surface area contributed by atoms with Gasteiger partial charge in [0.15, 0.2) is 0 Å². The lowest BCUT2D eigenvalue weighted by atomic mass is 10.1. The van der Waals surface area contributed by atoms with Crippen molar-refractivity contribution in [3.05, 3.63) is 0 Å². The van der Waals surface area contributed by atoms with Gasteiger partial charge in [-0.05, 0) is 32.6 Å². The number of hydrogen-bond donors (Lipinski definition) is 1. The molecule has 1 unspecified atom stereocenters. The van der Waals surface area contributed by atoms with E-state index in [0.717, 1.165) is 26.0 Å². The first-order valence-corrected chi connectivity index (χ1v) is 12.3. The Hall–Kier alpha value is -0.570. The summed E-state index contributed by atoms with van der Waals surface area (Å²) in [6.07, 6.45) is 24.1. The van der Waals surface area contributed by atoms with E-state index in [1.54, 1.807) is 0 Å². The Morgan fingerprint density at radius 2 is 1.37 bits per heavy atom. The molecule has 1 aliphatic rings. The van der Waals surface area contributed by atoms with Crippen molar-refractivity contribution in [2.24, 2.45) is 4.99 Å². The van der Waals surface area contributed by atoms with Crippen molar-refractivity contribution in [3.8, 4) is 0 Å². The molecule has 1 aliphatic heterocycles. The summed E-state index contributed by atoms with van der Waals surface area (Å²) >= 11 is 0. The fraction of sp³-hybridized carbons (Fsp3) is 0.958. The zero-order chi connectivity index (χ0) is 19.4. The van der Waals surface area contributed by atoms with Crippen molar-refractivity contribution in [3.63, 3.8) is 0 Å². The second kappa shape index (κ2) is 18.8. The van der Waals surface area contributed by atoms with Crippen LogP contribution in [0.4, 0.5) is 0 Å². The number of rotatable bonds is 11. The molecule has 1 atom stereocenters. The summed E-state index contributed by atoms with van der Waals surface area (Å²) < 4.78 is 5.99. The van der Waals surface area contributed by atoms with Crippen LogP contribution in [0.15, 0.2) is 4.99 Å². The molecule has 1 N–H and O–H groups in total. The van der Waals surface area contributed by atoms with Gasteiger partial charge >= 0.3 is 0 Å². The van der Waals surface area contributed by atoms with Gasteiger partial charge in [-0.3, -0.25) is 4.99 Å². The Kier molecular flexibility index (Phi) is 17.0. The largest absolute Gasteiger partial charge is 0.359 e. The summed E-state index contributed by atoms with van der Waals surface area (Å²) in [6.45, 7) is 6.15. The van der Waals surface area contributed by atoms with Crippen LogP contribution in [0.25, 0.3) is 0 Å². The summed E-state index contributed by atoms with van der Waals surface area (Å²) in [6, 6.07) is 0. The monoisotopic (exact) mass is 380 g/mol. The molecule has 3 nitrogen and oxygen atoms in total. The van der Waals surface area contributed by atoms with Crippen LogP contribution in [-0.4, -0.2) is 25.2 Å². The van der Waals surface area contributed by atoms with Gasteiger partial charge in [0, 0.05) is 19.6 Å². The lowest BCUT2D eigenvalue weighted by molar-refractivity contribution is 0.0440. The number of aliphatic imine (C=N–C) groups is 1. The van der Waals surface area contributed by atoms with Crippen molar-refractivity contribution in [1.82, 2.24) is 5.32 Å². The lowest BCUT2D eigenvalue weighted by Crippen LogP contribution is -2.37. The molecular formula is C24H48N2O. The summed E-state index contributed by atoms with van der Waals surface area (Å²) in [7, 11) is 0. The number of nitrogens with zero attached hydrogens (tertiary/aromatic N) is 1. The first-order valence-electron chi connectivity index (χ1n) is 12.3. The van der Waals surface area contributed by atoms with Gasteiger partial charge in [0.2, 0.25) is 0 Å². The smallest absolute Gasteiger partial charge is 0.128 e. The molecule has 160 valence electrons. The summed E-state index contributed by atoms with van der Waals surface area (Å²) in [5.41, 5.74) is 0. The highest BCUT2D eigenvalue weighted by molar-refractivity contribution is 5.82. The predicted octanol–water partition coefficient (Wildman–Crippen LogP) is 7.39. The average molecular weight is 381 g/mol. The minimum Gasteiger partial charge on any atom is -0.359 e. The molecular weight excluding hydrogens is 332 g/mol. The fourth-order valence-corrected chi connectivity index (χ4v) is 3.92. The van der Waals surface area contributed by atoms with Crippen molar-refractivity contribution >= 4 is 5.84 Å². The van der Waals surface area contributed by atoms with E-state index in [1.807, 2.05) is 0 Å². The van der Waals surface area contributed by atoms with Crippen LogP contribution in [0, 0.1) is 0 Å². The van der Waals surface area contributed by atoms with Gasteiger partial charge in [-0.15, -0.1) is 0 Å². The number of nitrogens with one attached hydrogen (secondary N) is 1. The molecule has 0 saturated heterocycles. The van der Waals surface area contributed by atoms with Gasteiger partial charge in [0.25, 0.3) is 0 Å². The topological polar surface area (TPSA) is 33.6 Å². The Bertz CT molecular complexity index is 343. The van der Waals surface area contributed by atoms with Crippen LogP contribution in [0.3, 0.4) is 0 Å². The third kappa shape index (κ3) is 15.1. The number of ether oxygens (including phenoxy) is 1. The molecule has 1 rings (SSSR count). The van der Waals surface area contributed by atoms with Crippen molar-refractivity contribution in [1.29, 1.82) is 0 Å². The molecule has 3 heteroatoms. The SMILES string of the molecule is CCCCCCCCCC(NC1=NCCCCCCCCCCC1)OCC. The van der Waals surface area contributed by atoms with E-state index < -0.39 is 0 Å². The standard InChI is InChI=1S/C24H48N2O/c1-3-5-6-7-11-15-18-21-24(27-4-2)26-23-20-17-14-12-9-8-10-13-16-19-22-25-23/h24H,3-22H2,1-2H3,(H,25,26). The quantitative estimate of drug-likeness (QED) is 0.299. The fourth-order valence-electron chi connectivity index (χ4n) is 3.92. The van der Waals surface area contributed by atoms with E-state index in [0.29, 0.717) is 0 Å². The lowest BCUT2D eigenvalue weighted by Gasteiger charge is -2.21. The molecule has 1 heterocycles. The van der Waals surface area contributed by atoms with Crippen LogP contribution >= 0.6 is 0 Å². The highest BCUT2D eigenvalue weighted by Crippen LogP contribution is 2.14. The number of unbranched alkanes of at least 4 members (excludes halogenated alkanes) is 6. The summed E-state index contributed by atoms with van der Waals surface area (Å²) in [5.74, 6) is 1.20. The first kappa shape index (κ1) is 24.5. The maximum absolute atomic E-state index is 5.99. The molecule has 0 fully saturated rings. The van der Waals surface area contributed by atoms with E-state index in [9.17, 15) is 0 Å². The minimum atomic E-state index is 0.153. The van der Waals surface area contributed by atoms with E-state index in [2.05, 4.69) is 19.2 Å². The van der Waals surface area contributed by atoms with E-state index >= 15 is 0 Å². The Morgan fingerprint density at radius 1 is 0.778 bits per heavy atom. The molecule has 0 aromatic carbocycles. The summed E-state index contributed by atoms with van der Waals surface area (Å²) in [4.78, 5) is 4.91. The Morgan fingerprint density at radius 3 is 2.04 bits per heavy atom. The van der Waals surface area contributed by atoms with Crippen LogP contribution in [-0.2, 0) is 4.74 Å². The maximum atomic E-state index is 5.99. The maximum Gasteiger partial charge on any atom is 0.128 e. The highest BCUT2D eigenvalue weighted by Gasteiger charge is 2.11. The van der Waals surface area contributed by atoms with E-state index in [4.69, 9.17) is 9.73 Å². The van der Waals surface area contributed by atoms with Crippen molar-refractivity contribution in [2.75, 3.05) is 13.2 Å². The zero-order valence-corrected chi connectivity index (χ0v) is 18.6. The van der Waals surface area contributed by atoms with Gasteiger partial charge in [0.05, 0.1) is 5.84 Å². The van der Waals surface area contributed by atoms with Gasteiger partial charge in [-0.1, -0.05) is 90.4 Å². The van der Waals surface area contributed by atoms with Gasteiger partial charge in [0.1, 0.15) is 6.23 Å². The first-order chi connectivity index (χ1) is 13.4. The van der Waals surface area contributed by atoms with Crippen molar-refractivity contribution < 1.29 is 4.74 Å². The molecule has 27 heavy (non-hydrogen) atoms. The Balaban J connectivity index is 2.35. The van der Waals surface area contributed by atoms with Gasteiger partial charge in [-0.25, -0.2) is 0 Å². The molecule has 0 aliphatic carbocycles. The van der Waals surface area contributed by atoms with Crippen LogP contribution in [0.1, 0.15) is 129 Å². The minimum absolute atomic E-state index is 0.153. The highest BCUT2D eigenvalue weighted by atomic mass is 16.5. The molecule has 0 radical (unpaired) electrons. The second-order valence-electron chi connectivity index (χ2n) is 8.26. The molecule has 0 spiro atoms. The van der Waals surface area contributed by atoms with Gasteiger partial charge < -0.3 is 10.1 Å². The van der Waals surface area contributed by atoms with E-state index in [1.165, 1.54) is 109 Å². The molecule has 0 saturated carbocycles. The third-order valence-electron chi connectivity index (χ3n) is 5.64. The van der Waals surface area contributed by atoms with Crippen LogP contribution < -0.4 is 5.32 Å². The van der Waals surface area contributed by atoms with Gasteiger partial charge in [-0.2, -0.15) is 0 Å². The number of amidine groups is 1. The third-order valence-corrected chi connectivity index (χ3v) is 5.64. The second-order valence-corrected chi connectivity index (χ2v) is 8.26. The van der Waals surface area contributed by atoms with Crippen molar-refractivity contribution in [2.45, 2.75) is 136 Å².